The average molecular weight is 434 g/mol. The SMILES string of the molecule is COc1cc(OC)cc(C(=O)Nc2ccc(Nc3cc(N4CCCC4)nc(C)n3)cc2)c1. The van der Waals surface area contributed by atoms with E-state index >= 15 is 0 Å². The van der Waals surface area contributed by atoms with Crippen LogP contribution in [0.3, 0.4) is 0 Å². The topological polar surface area (TPSA) is 88.6 Å². The van der Waals surface area contributed by atoms with Crippen LogP contribution in [0, 0.1) is 6.92 Å². The van der Waals surface area contributed by atoms with E-state index in [1.165, 1.54) is 12.8 Å². The van der Waals surface area contributed by atoms with Gasteiger partial charge in [0.15, 0.2) is 0 Å². The van der Waals surface area contributed by atoms with Crippen molar-refractivity contribution in [2.24, 2.45) is 0 Å². The van der Waals surface area contributed by atoms with Gasteiger partial charge < -0.3 is 25.0 Å². The van der Waals surface area contributed by atoms with Gasteiger partial charge in [-0.2, -0.15) is 0 Å². The van der Waals surface area contributed by atoms with Gasteiger partial charge in [-0.25, -0.2) is 9.97 Å². The molecule has 0 unspecified atom stereocenters. The number of hydrogen-bond donors (Lipinski definition) is 2. The van der Waals surface area contributed by atoms with Crippen molar-refractivity contribution < 1.29 is 14.3 Å². The third-order valence-electron chi connectivity index (χ3n) is 5.28. The first-order chi connectivity index (χ1) is 15.5. The van der Waals surface area contributed by atoms with Gasteiger partial charge in [0.25, 0.3) is 5.91 Å². The van der Waals surface area contributed by atoms with Gasteiger partial charge in [0.2, 0.25) is 0 Å². The van der Waals surface area contributed by atoms with E-state index in [0.717, 1.165) is 36.2 Å². The minimum absolute atomic E-state index is 0.246. The summed E-state index contributed by atoms with van der Waals surface area (Å²) in [5, 5.41) is 6.22. The van der Waals surface area contributed by atoms with Crippen molar-refractivity contribution in [1.82, 2.24) is 9.97 Å². The normalized spacial score (nSPS) is 13.0. The fourth-order valence-electron chi connectivity index (χ4n) is 3.65. The molecule has 0 aliphatic carbocycles. The quantitative estimate of drug-likeness (QED) is 0.571. The molecule has 8 nitrogen and oxygen atoms in total. The Labute approximate surface area is 187 Å². The Hall–Kier alpha value is -3.81. The fourth-order valence-corrected chi connectivity index (χ4v) is 3.65. The number of aromatic nitrogens is 2. The summed E-state index contributed by atoms with van der Waals surface area (Å²) in [5.74, 6) is 3.30. The summed E-state index contributed by atoms with van der Waals surface area (Å²) < 4.78 is 10.5. The lowest BCUT2D eigenvalue weighted by Gasteiger charge is -2.18. The van der Waals surface area contributed by atoms with Crippen LogP contribution >= 0.6 is 0 Å². The monoisotopic (exact) mass is 433 g/mol. The second-order valence-corrected chi connectivity index (χ2v) is 7.61. The van der Waals surface area contributed by atoms with E-state index < -0.39 is 0 Å². The van der Waals surface area contributed by atoms with Crippen molar-refractivity contribution in [2.45, 2.75) is 19.8 Å². The Morgan fingerprint density at radius 3 is 2.16 bits per heavy atom. The molecule has 2 N–H and O–H groups in total. The maximum Gasteiger partial charge on any atom is 0.255 e. The molecule has 1 amide bonds. The first-order valence-electron chi connectivity index (χ1n) is 10.6. The second-order valence-electron chi connectivity index (χ2n) is 7.61. The van der Waals surface area contributed by atoms with Crippen molar-refractivity contribution in [2.75, 3.05) is 42.8 Å². The molecule has 2 aromatic carbocycles. The van der Waals surface area contributed by atoms with E-state index in [1.54, 1.807) is 32.4 Å². The summed E-state index contributed by atoms with van der Waals surface area (Å²) in [6.45, 7) is 3.96. The molecule has 2 heterocycles. The molecule has 1 fully saturated rings. The highest BCUT2D eigenvalue weighted by Gasteiger charge is 2.15. The number of aryl methyl sites for hydroxylation is 1. The summed E-state index contributed by atoms with van der Waals surface area (Å²) in [6.07, 6.45) is 2.39. The maximum absolute atomic E-state index is 12.7. The molecule has 0 atom stereocenters. The molecule has 3 aromatic rings. The molecule has 1 aliphatic heterocycles. The van der Waals surface area contributed by atoms with Crippen molar-refractivity contribution in [3.8, 4) is 11.5 Å². The summed E-state index contributed by atoms with van der Waals surface area (Å²) in [6, 6.07) is 14.5. The van der Waals surface area contributed by atoms with E-state index in [9.17, 15) is 4.79 Å². The average Bonchev–Trinajstić information content (AvgIpc) is 3.35. The van der Waals surface area contributed by atoms with Gasteiger partial charge in [-0.15, -0.1) is 0 Å². The summed E-state index contributed by atoms with van der Waals surface area (Å²) in [4.78, 5) is 24.0. The van der Waals surface area contributed by atoms with Gasteiger partial charge in [-0.3, -0.25) is 4.79 Å². The molecule has 0 saturated carbocycles. The van der Waals surface area contributed by atoms with Crippen LogP contribution in [0.2, 0.25) is 0 Å². The van der Waals surface area contributed by atoms with E-state index in [1.807, 2.05) is 37.3 Å². The molecule has 1 aliphatic rings. The Morgan fingerprint density at radius 2 is 1.53 bits per heavy atom. The van der Waals surface area contributed by atoms with Crippen molar-refractivity contribution >= 4 is 28.9 Å². The lowest BCUT2D eigenvalue weighted by atomic mass is 10.1. The molecule has 0 spiro atoms. The zero-order valence-corrected chi connectivity index (χ0v) is 18.5. The summed E-state index contributed by atoms with van der Waals surface area (Å²) in [7, 11) is 3.10. The highest BCUT2D eigenvalue weighted by molar-refractivity contribution is 6.04. The Bertz CT molecular complexity index is 1070. The van der Waals surface area contributed by atoms with Gasteiger partial charge in [0, 0.05) is 42.2 Å². The first kappa shape index (κ1) is 21.4. The van der Waals surface area contributed by atoms with Crippen LogP contribution in [0.25, 0.3) is 0 Å². The molecule has 0 bridgehead atoms. The summed E-state index contributed by atoms with van der Waals surface area (Å²) in [5.41, 5.74) is 2.00. The Balaban J connectivity index is 1.44. The third kappa shape index (κ3) is 5.08. The lowest BCUT2D eigenvalue weighted by molar-refractivity contribution is 0.102. The lowest BCUT2D eigenvalue weighted by Crippen LogP contribution is -2.19. The number of benzene rings is 2. The molecule has 0 radical (unpaired) electrons. The van der Waals surface area contributed by atoms with Crippen LogP contribution in [0.15, 0.2) is 48.5 Å². The highest BCUT2D eigenvalue weighted by Crippen LogP contribution is 2.25. The zero-order valence-electron chi connectivity index (χ0n) is 18.5. The molecular weight excluding hydrogens is 406 g/mol. The predicted octanol–water partition coefficient (Wildman–Crippen LogP) is 4.40. The molecule has 166 valence electrons. The van der Waals surface area contributed by atoms with E-state index in [0.29, 0.717) is 22.7 Å². The minimum atomic E-state index is -0.246. The number of anilines is 4. The number of carbonyl (C=O) groups excluding carboxylic acids is 1. The number of amides is 1. The number of rotatable bonds is 7. The molecule has 1 saturated heterocycles. The first-order valence-corrected chi connectivity index (χ1v) is 10.6. The minimum Gasteiger partial charge on any atom is -0.497 e. The number of ether oxygens (including phenoxy) is 2. The standard InChI is InChI=1S/C24H27N5O3/c1-16-25-22(15-23(26-16)29-10-4-5-11-29)27-18-6-8-19(9-7-18)28-24(30)17-12-20(31-2)14-21(13-17)32-3/h6-9,12-15H,4-5,10-11H2,1-3H3,(H,28,30)(H,25,26,27). The van der Waals surface area contributed by atoms with Gasteiger partial charge in [0.05, 0.1) is 14.2 Å². The molecular formula is C24H27N5O3. The van der Waals surface area contributed by atoms with Gasteiger partial charge in [-0.05, 0) is 56.2 Å². The number of carbonyl (C=O) groups is 1. The van der Waals surface area contributed by atoms with Crippen LogP contribution in [-0.4, -0.2) is 43.2 Å². The molecule has 4 rings (SSSR count). The molecule has 8 heteroatoms. The smallest absolute Gasteiger partial charge is 0.255 e. The van der Waals surface area contributed by atoms with Crippen LogP contribution in [0.1, 0.15) is 29.0 Å². The zero-order chi connectivity index (χ0) is 22.5. The van der Waals surface area contributed by atoms with Gasteiger partial charge >= 0.3 is 0 Å². The van der Waals surface area contributed by atoms with Crippen LogP contribution in [-0.2, 0) is 0 Å². The summed E-state index contributed by atoms with van der Waals surface area (Å²) >= 11 is 0. The van der Waals surface area contributed by atoms with Crippen LogP contribution < -0.4 is 25.0 Å². The van der Waals surface area contributed by atoms with E-state index in [-0.39, 0.29) is 5.91 Å². The second kappa shape index (κ2) is 9.55. The predicted molar refractivity (Wildman–Crippen MR) is 125 cm³/mol. The fraction of sp³-hybridized carbons (Fsp3) is 0.292. The maximum atomic E-state index is 12.7. The Kier molecular flexibility index (Phi) is 6.39. The van der Waals surface area contributed by atoms with Crippen molar-refractivity contribution in [1.29, 1.82) is 0 Å². The van der Waals surface area contributed by atoms with Gasteiger partial charge in [0.1, 0.15) is 29.0 Å². The van der Waals surface area contributed by atoms with Crippen LogP contribution in [0.5, 0.6) is 11.5 Å². The van der Waals surface area contributed by atoms with E-state index in [2.05, 4.69) is 25.5 Å². The Morgan fingerprint density at radius 1 is 0.906 bits per heavy atom. The number of methoxy groups -OCH3 is 2. The molecule has 1 aromatic heterocycles. The largest absolute Gasteiger partial charge is 0.497 e. The van der Waals surface area contributed by atoms with Gasteiger partial charge in [-0.1, -0.05) is 0 Å². The number of hydrogen-bond acceptors (Lipinski definition) is 7. The van der Waals surface area contributed by atoms with Crippen molar-refractivity contribution in [3.63, 3.8) is 0 Å². The number of nitrogens with one attached hydrogen (secondary N) is 2. The van der Waals surface area contributed by atoms with Crippen LogP contribution in [0.4, 0.5) is 23.0 Å². The highest BCUT2D eigenvalue weighted by atomic mass is 16.5. The molecule has 32 heavy (non-hydrogen) atoms. The van der Waals surface area contributed by atoms with E-state index in [4.69, 9.17) is 9.47 Å². The van der Waals surface area contributed by atoms with Crippen molar-refractivity contribution in [3.05, 3.63) is 59.9 Å². The number of nitrogens with zero attached hydrogens (tertiary/aromatic N) is 3. The third-order valence-corrected chi connectivity index (χ3v) is 5.28.